The predicted octanol–water partition coefficient (Wildman–Crippen LogP) is 3.86. The third kappa shape index (κ3) is 5.22. The summed E-state index contributed by atoms with van der Waals surface area (Å²) in [4.78, 5) is 38.8. The molecule has 0 unspecified atom stereocenters. The first-order valence-corrected chi connectivity index (χ1v) is 11.4. The fraction of sp³-hybridized carbons (Fsp3) is 0.0769. The molecule has 0 atom stereocenters. The van der Waals surface area contributed by atoms with Crippen molar-refractivity contribution in [3.8, 4) is 11.5 Å². The molecule has 10 heteroatoms. The molecular formula is C26H20ClN3O5S. The summed E-state index contributed by atoms with van der Waals surface area (Å²) in [5, 5.41) is 3.02. The predicted molar refractivity (Wildman–Crippen MR) is 140 cm³/mol. The Kier molecular flexibility index (Phi) is 7.33. The van der Waals surface area contributed by atoms with Crippen LogP contribution in [0.1, 0.15) is 21.5 Å². The van der Waals surface area contributed by atoms with E-state index in [2.05, 4.69) is 5.32 Å². The van der Waals surface area contributed by atoms with Crippen LogP contribution in [0.25, 0.3) is 6.08 Å². The first kappa shape index (κ1) is 24.9. The second kappa shape index (κ2) is 10.6. The zero-order valence-corrected chi connectivity index (χ0v) is 20.6. The zero-order valence-electron chi connectivity index (χ0n) is 19.0. The molecular weight excluding hydrogens is 502 g/mol. The summed E-state index contributed by atoms with van der Waals surface area (Å²) in [6, 6.07) is 18.2. The van der Waals surface area contributed by atoms with Gasteiger partial charge in [0, 0.05) is 10.6 Å². The van der Waals surface area contributed by atoms with E-state index in [-0.39, 0.29) is 22.9 Å². The highest BCUT2D eigenvalue weighted by atomic mass is 35.5. The molecule has 1 fully saturated rings. The SMILES string of the molecule is COc1ccc(/C=C2/C(=O)NC(=S)N(c3ccc(Cl)cc3)C2=O)cc1COc1ccccc1C(N)=O. The van der Waals surface area contributed by atoms with Crippen molar-refractivity contribution in [1.29, 1.82) is 0 Å². The summed E-state index contributed by atoms with van der Waals surface area (Å²) in [6.45, 7) is 0.0472. The number of hydrogen-bond acceptors (Lipinski definition) is 6. The lowest BCUT2D eigenvalue weighted by Crippen LogP contribution is -2.54. The smallest absolute Gasteiger partial charge is 0.270 e. The molecule has 3 aromatic rings. The number of hydrogen-bond donors (Lipinski definition) is 2. The number of para-hydroxylation sites is 1. The topological polar surface area (TPSA) is 111 Å². The van der Waals surface area contributed by atoms with E-state index >= 15 is 0 Å². The third-order valence-corrected chi connectivity index (χ3v) is 5.87. The molecule has 3 aromatic carbocycles. The molecule has 182 valence electrons. The molecule has 0 aromatic heterocycles. The van der Waals surface area contributed by atoms with Crippen LogP contribution in [-0.4, -0.2) is 29.9 Å². The van der Waals surface area contributed by atoms with Gasteiger partial charge in [-0.05, 0) is 72.4 Å². The molecule has 1 heterocycles. The van der Waals surface area contributed by atoms with E-state index < -0.39 is 17.7 Å². The van der Waals surface area contributed by atoms with Crippen molar-refractivity contribution in [2.24, 2.45) is 5.73 Å². The number of thiocarbonyl (C=S) groups is 1. The summed E-state index contributed by atoms with van der Waals surface area (Å²) in [5.41, 5.74) is 7.22. The Balaban J connectivity index is 1.64. The van der Waals surface area contributed by atoms with Crippen LogP contribution in [0.5, 0.6) is 11.5 Å². The molecule has 3 N–H and O–H groups in total. The molecule has 1 aliphatic heterocycles. The maximum absolute atomic E-state index is 13.2. The highest BCUT2D eigenvalue weighted by Gasteiger charge is 2.34. The standard InChI is InChI=1S/C26H20ClN3O5S/c1-34-21-11-6-15(12-16(21)14-35-22-5-3-2-4-19(22)23(28)31)13-20-24(32)29-26(36)30(25(20)33)18-9-7-17(27)8-10-18/h2-13H,14H2,1H3,(H2,28,31)(H,29,32,36)/b20-13-. The second-order valence-corrected chi connectivity index (χ2v) is 8.48. The molecule has 0 saturated carbocycles. The number of halogens is 1. The summed E-state index contributed by atoms with van der Waals surface area (Å²) >= 11 is 11.2. The molecule has 1 aliphatic rings. The summed E-state index contributed by atoms with van der Waals surface area (Å²) < 4.78 is 11.3. The van der Waals surface area contributed by atoms with E-state index in [9.17, 15) is 14.4 Å². The number of rotatable bonds is 7. The van der Waals surface area contributed by atoms with Crippen molar-refractivity contribution in [1.82, 2.24) is 5.32 Å². The first-order valence-electron chi connectivity index (χ1n) is 10.6. The minimum Gasteiger partial charge on any atom is -0.496 e. The van der Waals surface area contributed by atoms with Gasteiger partial charge in [-0.15, -0.1) is 0 Å². The Morgan fingerprint density at radius 3 is 2.50 bits per heavy atom. The van der Waals surface area contributed by atoms with Gasteiger partial charge in [0.05, 0.1) is 18.4 Å². The fourth-order valence-corrected chi connectivity index (χ4v) is 4.01. The number of ether oxygens (including phenoxy) is 2. The maximum atomic E-state index is 13.2. The summed E-state index contributed by atoms with van der Waals surface area (Å²) in [7, 11) is 1.51. The quantitative estimate of drug-likeness (QED) is 0.277. The number of methoxy groups -OCH3 is 1. The number of carbonyl (C=O) groups excluding carboxylic acids is 3. The lowest BCUT2D eigenvalue weighted by molar-refractivity contribution is -0.122. The van der Waals surface area contributed by atoms with Gasteiger partial charge in [-0.2, -0.15) is 0 Å². The molecule has 0 radical (unpaired) electrons. The van der Waals surface area contributed by atoms with Crippen molar-refractivity contribution in [2.75, 3.05) is 12.0 Å². The Bertz CT molecular complexity index is 1400. The lowest BCUT2D eigenvalue weighted by Gasteiger charge is -2.29. The average Bonchev–Trinajstić information content (AvgIpc) is 2.86. The zero-order chi connectivity index (χ0) is 25.8. The van der Waals surface area contributed by atoms with Crippen molar-refractivity contribution >= 4 is 58.4 Å². The van der Waals surface area contributed by atoms with Crippen LogP contribution < -0.4 is 25.4 Å². The van der Waals surface area contributed by atoms with Crippen LogP contribution in [0.15, 0.2) is 72.3 Å². The van der Waals surface area contributed by atoms with Gasteiger partial charge in [0.1, 0.15) is 23.7 Å². The third-order valence-electron chi connectivity index (χ3n) is 5.34. The van der Waals surface area contributed by atoms with Gasteiger partial charge in [-0.1, -0.05) is 29.8 Å². The Labute approximate surface area is 217 Å². The molecule has 8 nitrogen and oxygen atoms in total. The van der Waals surface area contributed by atoms with Crippen LogP contribution in [0.2, 0.25) is 5.02 Å². The number of primary amides is 1. The minimum absolute atomic E-state index is 0.0265. The Hall–Kier alpha value is -4.21. The van der Waals surface area contributed by atoms with Crippen molar-refractivity contribution in [3.63, 3.8) is 0 Å². The molecule has 3 amide bonds. The number of amides is 3. The van der Waals surface area contributed by atoms with Crippen LogP contribution >= 0.6 is 23.8 Å². The van der Waals surface area contributed by atoms with Gasteiger partial charge in [0.15, 0.2) is 5.11 Å². The van der Waals surface area contributed by atoms with Crippen LogP contribution in [-0.2, 0) is 16.2 Å². The fourth-order valence-electron chi connectivity index (χ4n) is 3.60. The van der Waals surface area contributed by atoms with Gasteiger partial charge >= 0.3 is 0 Å². The van der Waals surface area contributed by atoms with E-state index in [4.69, 9.17) is 39.0 Å². The molecule has 1 saturated heterocycles. The number of carbonyl (C=O) groups is 3. The molecule has 0 aliphatic carbocycles. The first-order chi connectivity index (χ1) is 17.3. The van der Waals surface area contributed by atoms with Crippen LogP contribution in [0.4, 0.5) is 5.69 Å². The van der Waals surface area contributed by atoms with Gasteiger partial charge < -0.3 is 15.2 Å². The largest absolute Gasteiger partial charge is 0.496 e. The molecule has 0 bridgehead atoms. The molecule has 36 heavy (non-hydrogen) atoms. The van der Waals surface area contributed by atoms with Gasteiger partial charge in [-0.25, -0.2) is 0 Å². The van der Waals surface area contributed by atoms with Crippen molar-refractivity contribution < 1.29 is 23.9 Å². The van der Waals surface area contributed by atoms with Crippen molar-refractivity contribution in [3.05, 3.63) is 94.0 Å². The van der Waals surface area contributed by atoms with Gasteiger partial charge in [0.25, 0.3) is 17.7 Å². The second-order valence-electron chi connectivity index (χ2n) is 7.65. The maximum Gasteiger partial charge on any atom is 0.270 e. The summed E-state index contributed by atoms with van der Waals surface area (Å²) in [6.07, 6.45) is 1.46. The van der Waals surface area contributed by atoms with E-state index in [0.29, 0.717) is 33.3 Å². The average molecular weight is 522 g/mol. The summed E-state index contributed by atoms with van der Waals surface area (Å²) in [5.74, 6) is -0.947. The van der Waals surface area contributed by atoms with Crippen LogP contribution in [0.3, 0.4) is 0 Å². The number of nitrogens with one attached hydrogen (secondary N) is 1. The number of benzene rings is 3. The monoisotopic (exact) mass is 521 g/mol. The minimum atomic E-state index is -0.612. The van der Waals surface area contributed by atoms with E-state index in [0.717, 1.165) is 0 Å². The Morgan fingerprint density at radius 2 is 1.81 bits per heavy atom. The van der Waals surface area contributed by atoms with Gasteiger partial charge in [0.2, 0.25) is 0 Å². The van der Waals surface area contributed by atoms with E-state index in [1.165, 1.54) is 18.1 Å². The van der Waals surface area contributed by atoms with Crippen molar-refractivity contribution in [2.45, 2.75) is 6.61 Å². The van der Waals surface area contributed by atoms with E-state index in [1.54, 1.807) is 66.7 Å². The normalized spacial score (nSPS) is 14.6. The number of nitrogens with two attached hydrogens (primary N) is 1. The highest BCUT2D eigenvalue weighted by Crippen LogP contribution is 2.27. The number of nitrogens with zero attached hydrogens (tertiary/aromatic N) is 1. The number of anilines is 1. The van der Waals surface area contributed by atoms with Crippen LogP contribution in [0, 0.1) is 0 Å². The highest BCUT2D eigenvalue weighted by molar-refractivity contribution is 7.80. The van der Waals surface area contributed by atoms with Gasteiger partial charge in [-0.3, -0.25) is 24.6 Å². The lowest BCUT2D eigenvalue weighted by atomic mass is 10.0. The van der Waals surface area contributed by atoms with E-state index in [1.807, 2.05) is 0 Å². The Morgan fingerprint density at radius 1 is 1.08 bits per heavy atom. The molecule has 4 rings (SSSR count). The molecule has 0 spiro atoms.